The number of nitrogens with zero attached hydrogens (tertiary/aromatic N) is 1. The smallest absolute Gasteiger partial charge is 0.407 e. The molecule has 0 heterocycles. The minimum atomic E-state index is -1.14. The van der Waals surface area contributed by atoms with Crippen molar-refractivity contribution in [1.29, 1.82) is 0 Å². The first kappa shape index (κ1) is 37.5. The number of amides is 4. The van der Waals surface area contributed by atoms with Crippen molar-refractivity contribution in [2.75, 3.05) is 26.7 Å². The third-order valence-corrected chi connectivity index (χ3v) is 7.13. The highest BCUT2D eigenvalue weighted by Gasteiger charge is 2.31. The van der Waals surface area contributed by atoms with Crippen LogP contribution in [0.25, 0.3) is 0 Å². The van der Waals surface area contributed by atoms with Crippen molar-refractivity contribution in [2.45, 2.75) is 76.7 Å². The predicted octanol–water partition coefficient (Wildman–Crippen LogP) is 3.32. The molecule has 2 aromatic rings. The van der Waals surface area contributed by atoms with Gasteiger partial charge in [0.05, 0.1) is 0 Å². The molecule has 0 saturated heterocycles. The number of nitrogens with two attached hydrogens (primary N) is 1. The lowest BCUT2D eigenvalue weighted by molar-refractivity contribution is -0.150. The van der Waals surface area contributed by atoms with Crippen molar-refractivity contribution in [2.24, 2.45) is 5.73 Å². The lowest BCUT2D eigenvalue weighted by atomic mass is 10.0. The number of carbonyl (C=O) groups is 5. The molecule has 13 nitrogen and oxygen atoms in total. The summed E-state index contributed by atoms with van der Waals surface area (Å²) in [5, 5.41) is 17.7. The molecule has 0 fully saturated rings. The number of alkyl carbamates (subject to hydrolysis) is 2. The van der Waals surface area contributed by atoms with Gasteiger partial charge in [-0.3, -0.25) is 9.59 Å². The monoisotopic (exact) mass is 641 g/mol. The van der Waals surface area contributed by atoms with Gasteiger partial charge in [-0.15, -0.1) is 0 Å². The first-order valence-corrected chi connectivity index (χ1v) is 15.6. The van der Waals surface area contributed by atoms with Gasteiger partial charge in [0.25, 0.3) is 0 Å². The van der Waals surface area contributed by atoms with Gasteiger partial charge >= 0.3 is 18.2 Å². The third kappa shape index (κ3) is 15.4. The maximum atomic E-state index is 13.4. The second-order valence-electron chi connectivity index (χ2n) is 10.8. The Labute approximate surface area is 270 Å². The van der Waals surface area contributed by atoms with Crippen LogP contribution in [0.3, 0.4) is 0 Å². The van der Waals surface area contributed by atoms with E-state index in [9.17, 15) is 29.1 Å². The maximum absolute atomic E-state index is 13.4. The zero-order valence-corrected chi connectivity index (χ0v) is 26.5. The van der Waals surface area contributed by atoms with E-state index in [1.807, 2.05) is 60.7 Å². The van der Waals surface area contributed by atoms with Crippen LogP contribution in [0.5, 0.6) is 0 Å². The normalized spacial score (nSPS) is 11.9. The Morgan fingerprint density at radius 2 is 1.28 bits per heavy atom. The molecule has 0 aromatic heterocycles. The van der Waals surface area contributed by atoms with Crippen LogP contribution < -0.4 is 21.7 Å². The zero-order chi connectivity index (χ0) is 33.6. The van der Waals surface area contributed by atoms with E-state index in [2.05, 4.69) is 16.0 Å². The maximum Gasteiger partial charge on any atom is 0.407 e. The highest BCUT2D eigenvalue weighted by molar-refractivity contribution is 5.90. The average Bonchev–Trinajstić information content (AvgIpc) is 3.06. The third-order valence-electron chi connectivity index (χ3n) is 7.13. The lowest BCUT2D eigenvalue weighted by Gasteiger charge is -2.29. The molecule has 0 saturated carbocycles. The number of carboxylic acids is 1. The predicted molar refractivity (Wildman–Crippen MR) is 171 cm³/mol. The zero-order valence-electron chi connectivity index (χ0n) is 26.5. The van der Waals surface area contributed by atoms with Crippen LogP contribution in [0.2, 0.25) is 0 Å². The van der Waals surface area contributed by atoms with Crippen LogP contribution in [-0.4, -0.2) is 78.7 Å². The van der Waals surface area contributed by atoms with E-state index in [0.717, 1.165) is 16.0 Å². The summed E-state index contributed by atoms with van der Waals surface area (Å²) >= 11 is 0. The highest BCUT2D eigenvalue weighted by Crippen LogP contribution is 2.13. The molecule has 252 valence electrons. The second-order valence-corrected chi connectivity index (χ2v) is 10.8. The molecule has 0 spiro atoms. The van der Waals surface area contributed by atoms with Crippen LogP contribution in [0, 0.1) is 0 Å². The Hall–Kier alpha value is -4.65. The number of likely N-dealkylation sites (N-methyl/N-ethyl adjacent to an activating group) is 1. The molecule has 0 aliphatic rings. The molecule has 2 aromatic carbocycles. The van der Waals surface area contributed by atoms with Gasteiger partial charge in [-0.1, -0.05) is 60.7 Å². The summed E-state index contributed by atoms with van der Waals surface area (Å²) in [5.41, 5.74) is 7.25. The summed E-state index contributed by atoms with van der Waals surface area (Å²) in [6.45, 7) is 1.16. The van der Waals surface area contributed by atoms with Gasteiger partial charge < -0.3 is 41.2 Å². The van der Waals surface area contributed by atoms with Crippen molar-refractivity contribution in [3.8, 4) is 0 Å². The summed E-state index contributed by atoms with van der Waals surface area (Å²) < 4.78 is 10.4. The largest absolute Gasteiger partial charge is 0.480 e. The van der Waals surface area contributed by atoms with Crippen molar-refractivity contribution in [3.05, 3.63) is 71.8 Å². The van der Waals surface area contributed by atoms with Gasteiger partial charge in [-0.25, -0.2) is 14.4 Å². The molecular weight excluding hydrogens is 594 g/mol. The molecule has 2 atom stereocenters. The van der Waals surface area contributed by atoms with E-state index < -0.39 is 42.1 Å². The molecule has 46 heavy (non-hydrogen) atoms. The molecule has 2 unspecified atom stereocenters. The number of aliphatic carboxylic acids is 1. The van der Waals surface area contributed by atoms with Crippen LogP contribution in [0.1, 0.15) is 62.5 Å². The average molecular weight is 642 g/mol. The van der Waals surface area contributed by atoms with Crippen LogP contribution in [-0.2, 0) is 37.1 Å². The molecule has 0 radical (unpaired) electrons. The fourth-order valence-corrected chi connectivity index (χ4v) is 4.54. The number of hydrogen-bond donors (Lipinski definition) is 5. The number of benzene rings is 2. The summed E-state index contributed by atoms with van der Waals surface area (Å²) in [7, 11) is 1.41. The fourth-order valence-electron chi connectivity index (χ4n) is 4.54. The Balaban J connectivity index is 1.84. The van der Waals surface area contributed by atoms with E-state index in [1.165, 1.54) is 7.05 Å². The fraction of sp³-hybridized carbons (Fsp3) is 0.485. The van der Waals surface area contributed by atoms with E-state index in [0.29, 0.717) is 45.2 Å². The van der Waals surface area contributed by atoms with Gasteiger partial charge in [0.2, 0.25) is 11.8 Å². The van der Waals surface area contributed by atoms with Crippen LogP contribution >= 0.6 is 0 Å². The van der Waals surface area contributed by atoms with Gasteiger partial charge in [-0.2, -0.15) is 0 Å². The molecule has 4 amide bonds. The van der Waals surface area contributed by atoms with Crippen LogP contribution in [0.15, 0.2) is 60.7 Å². The van der Waals surface area contributed by atoms with Crippen molar-refractivity contribution in [1.82, 2.24) is 20.9 Å². The van der Waals surface area contributed by atoms with Crippen LogP contribution in [0.4, 0.5) is 9.59 Å². The number of ether oxygens (including phenoxy) is 2. The van der Waals surface area contributed by atoms with Gasteiger partial charge in [0.1, 0.15) is 25.3 Å². The standard InChI is InChI=1S/C33H47N5O8/c1-38(28(31(41)42)18-8-10-20-34)30(40)27(17-9-11-21-35-32(43)45-23-25-13-4-2-5-14-25)37-29(39)19-12-22-36-33(44)46-24-26-15-6-3-7-16-26/h2-7,13-16,27-28H,8-12,17-24,34H2,1H3,(H,35,43)(H,36,44)(H,37,39)(H,41,42). The Morgan fingerprint density at radius 3 is 1.80 bits per heavy atom. The molecule has 0 bridgehead atoms. The number of carboxylic acid groups (broad SMARTS) is 1. The lowest BCUT2D eigenvalue weighted by Crippen LogP contribution is -2.52. The molecule has 6 N–H and O–H groups in total. The highest BCUT2D eigenvalue weighted by atomic mass is 16.6. The number of hydrogen-bond acceptors (Lipinski definition) is 8. The van der Waals surface area contributed by atoms with Crippen molar-refractivity contribution >= 4 is 30.0 Å². The molecule has 0 aliphatic carbocycles. The summed E-state index contributed by atoms with van der Waals surface area (Å²) in [6, 6.07) is 16.5. The molecule has 2 rings (SSSR count). The SMILES string of the molecule is CN(C(=O)C(CCCCNC(=O)OCc1ccccc1)NC(=O)CCCNC(=O)OCc1ccccc1)C(CCCCN)C(=O)O. The summed E-state index contributed by atoms with van der Waals surface area (Å²) in [5.74, 6) is -2.07. The first-order valence-electron chi connectivity index (χ1n) is 15.6. The molecular formula is C33H47N5O8. The van der Waals surface area contributed by atoms with E-state index in [4.69, 9.17) is 15.2 Å². The Morgan fingerprint density at radius 1 is 0.761 bits per heavy atom. The van der Waals surface area contributed by atoms with Crippen molar-refractivity contribution < 1.29 is 38.6 Å². The Kier molecular flexibility index (Phi) is 17.9. The van der Waals surface area contributed by atoms with E-state index >= 15 is 0 Å². The number of carbonyl (C=O) groups excluding carboxylic acids is 4. The number of nitrogens with one attached hydrogen (secondary N) is 3. The summed E-state index contributed by atoms with van der Waals surface area (Å²) in [4.78, 5) is 63.3. The van der Waals surface area contributed by atoms with Crippen molar-refractivity contribution in [3.63, 3.8) is 0 Å². The second kappa shape index (κ2) is 22.0. The summed E-state index contributed by atoms with van der Waals surface area (Å²) in [6.07, 6.45) is 1.74. The minimum Gasteiger partial charge on any atom is -0.480 e. The van der Waals surface area contributed by atoms with E-state index in [1.54, 1.807) is 0 Å². The van der Waals surface area contributed by atoms with Gasteiger partial charge in [0, 0.05) is 26.6 Å². The number of rotatable bonds is 21. The minimum absolute atomic E-state index is 0.0279. The van der Waals surface area contributed by atoms with Gasteiger partial charge in [-0.05, 0) is 62.6 Å². The quantitative estimate of drug-likeness (QED) is 0.127. The number of unbranched alkanes of at least 4 members (excludes halogenated alkanes) is 2. The van der Waals surface area contributed by atoms with Gasteiger partial charge in [0.15, 0.2) is 0 Å². The Bertz CT molecular complexity index is 1220. The van der Waals surface area contributed by atoms with E-state index in [-0.39, 0.29) is 39.0 Å². The molecule has 0 aliphatic heterocycles. The topological polar surface area (TPSA) is 189 Å². The first-order chi connectivity index (χ1) is 22.2. The molecule has 13 heteroatoms.